The number of carbonyl (C=O) groups is 11. The molecular weight excluding hydrogens is 1250 g/mol. The molecule has 8 N–H and O–H groups in total. The van der Waals surface area contributed by atoms with Crippen LogP contribution in [0.1, 0.15) is 138 Å². The largest absolute Gasteiger partial charge is 0.467 e. The van der Waals surface area contributed by atoms with Crippen LogP contribution in [0.3, 0.4) is 0 Å². The lowest BCUT2D eigenvalue weighted by molar-refractivity contribution is -0.147. The van der Waals surface area contributed by atoms with Gasteiger partial charge in [-0.25, -0.2) is 14.4 Å². The van der Waals surface area contributed by atoms with Gasteiger partial charge in [-0.2, -0.15) is 0 Å². The maximum atomic E-state index is 14.9. The number of nitrogens with zero attached hydrogens (tertiary/aromatic N) is 4. The first-order valence-corrected chi connectivity index (χ1v) is 33.7. The van der Waals surface area contributed by atoms with Gasteiger partial charge in [-0.15, -0.1) is 0 Å². The first kappa shape index (κ1) is 80.4. The van der Waals surface area contributed by atoms with Crippen molar-refractivity contribution in [3.8, 4) is 0 Å². The monoisotopic (exact) mass is 1360 g/mol. The Morgan fingerprint density at radius 3 is 1.93 bits per heavy atom. The Hall–Kier alpha value is -8.04. The molecule has 11 atom stereocenters. The number of benzene rings is 2. The molecule has 0 spiro atoms. The third kappa shape index (κ3) is 23.9. The molecule has 1 saturated heterocycles. The second-order valence-electron chi connectivity index (χ2n) is 25.9. The summed E-state index contributed by atoms with van der Waals surface area (Å²) in [4.78, 5) is 152. The molecule has 0 radical (unpaired) electrons. The molecule has 4 rings (SSSR count). The van der Waals surface area contributed by atoms with Gasteiger partial charge in [0.2, 0.25) is 35.4 Å². The van der Waals surface area contributed by atoms with E-state index in [1.54, 1.807) is 89.8 Å². The Labute approximate surface area is 571 Å². The van der Waals surface area contributed by atoms with Crippen molar-refractivity contribution in [3.63, 3.8) is 0 Å². The zero-order valence-corrected chi connectivity index (χ0v) is 59.3. The molecule has 532 valence electrons. The molecule has 2 heterocycles. The van der Waals surface area contributed by atoms with Gasteiger partial charge in [0.25, 0.3) is 11.8 Å². The number of nitrogens with two attached hydrogens (primary N) is 1. The zero-order chi connectivity index (χ0) is 71.5. The van der Waals surface area contributed by atoms with Gasteiger partial charge in [0.15, 0.2) is 0 Å². The molecule has 96 heavy (non-hydrogen) atoms. The number of ether oxygens (including phenoxy) is 4. The van der Waals surface area contributed by atoms with Crippen LogP contribution in [0.25, 0.3) is 0 Å². The van der Waals surface area contributed by atoms with Gasteiger partial charge >= 0.3 is 18.1 Å². The summed E-state index contributed by atoms with van der Waals surface area (Å²) in [6.07, 6.45) is 4.51. The second-order valence-corrected chi connectivity index (χ2v) is 26.3. The summed E-state index contributed by atoms with van der Waals surface area (Å²) in [5.74, 6) is -5.81. The maximum absolute atomic E-state index is 14.9. The summed E-state index contributed by atoms with van der Waals surface area (Å²) in [6.45, 7) is 17.1. The Morgan fingerprint density at radius 2 is 1.35 bits per heavy atom. The quantitative estimate of drug-likeness (QED) is 0.0187. The van der Waals surface area contributed by atoms with Crippen molar-refractivity contribution in [2.75, 3.05) is 60.4 Å². The fraction of sp³-hybridized carbons (Fsp3) is 0.623. The Bertz CT molecular complexity index is 2970. The van der Waals surface area contributed by atoms with Crippen molar-refractivity contribution in [1.29, 1.82) is 0 Å². The molecule has 1 fully saturated rings. The molecular formula is C69H105N11O15S. The molecule has 2 aliphatic heterocycles. The summed E-state index contributed by atoms with van der Waals surface area (Å²) in [6, 6.07) is 9.18. The highest BCUT2D eigenvalue weighted by atomic mass is 32.1. The molecule has 0 aliphatic carbocycles. The highest BCUT2D eigenvalue weighted by molar-refractivity contribution is 7.80. The van der Waals surface area contributed by atoms with Crippen LogP contribution in [0.5, 0.6) is 0 Å². The Morgan fingerprint density at radius 1 is 0.708 bits per heavy atom. The zero-order valence-electron chi connectivity index (χ0n) is 58.4. The SMILES string of the molecule is CC[C@H](C)[C@@H]([C@@H](CC(=O)N1CCC[C@H]1[C@H](OC)[C@@H](C)C(=S)N[C@@H](Cc1ccccc1)C(=O)OC)OC)N(C)C(=O)[C@@H](NC(=O)[C@H](C(C)C)N(C)C(=O)OCc1ccc(NC(=O)[C@H](CCCNC(N)=O)NC(=O)[C@@H](NC(=O)CCCCCN2C(=O)C=CC2=O)C(C)C)cc1)C(C)C. The average Bonchev–Trinajstić information content (AvgIpc) is 1.55. The number of primary amides is 1. The second kappa shape index (κ2) is 39.9. The van der Waals surface area contributed by atoms with E-state index in [9.17, 15) is 52.7 Å². The van der Waals surface area contributed by atoms with Gasteiger partial charge < -0.3 is 66.4 Å². The number of rotatable bonds is 39. The lowest BCUT2D eigenvalue weighted by Gasteiger charge is -2.41. The number of hydrogen-bond donors (Lipinski definition) is 7. The first-order chi connectivity index (χ1) is 45.5. The van der Waals surface area contributed by atoms with Crippen molar-refractivity contribution in [2.45, 2.75) is 194 Å². The molecule has 11 amide bonds. The first-order valence-electron chi connectivity index (χ1n) is 33.3. The van der Waals surface area contributed by atoms with E-state index < -0.39 is 108 Å². The molecule has 2 aromatic rings. The molecule has 0 saturated carbocycles. The van der Waals surface area contributed by atoms with Gasteiger partial charge in [-0.05, 0) is 85.5 Å². The van der Waals surface area contributed by atoms with E-state index in [4.69, 9.17) is 36.9 Å². The van der Waals surface area contributed by atoms with Gasteiger partial charge in [0.05, 0.1) is 42.8 Å². The van der Waals surface area contributed by atoms with Crippen LogP contribution >= 0.6 is 12.2 Å². The average molecular weight is 1360 g/mol. The van der Waals surface area contributed by atoms with Crippen molar-refractivity contribution < 1.29 is 71.7 Å². The number of nitrogens with one attached hydrogen (secondary N) is 6. The number of likely N-dealkylation sites (tertiary alicyclic amines) is 1. The third-order valence-corrected chi connectivity index (χ3v) is 18.3. The normalized spacial score (nSPS) is 16.9. The number of amides is 11. The molecule has 27 heteroatoms. The minimum atomic E-state index is -1.11. The van der Waals surface area contributed by atoms with Gasteiger partial charge in [-0.3, -0.25) is 48.2 Å². The molecule has 26 nitrogen and oxygen atoms in total. The molecule has 2 aromatic carbocycles. The van der Waals surface area contributed by atoms with Crippen LogP contribution < -0.4 is 37.6 Å². The number of carbonyl (C=O) groups excluding carboxylic acids is 11. The minimum Gasteiger partial charge on any atom is -0.467 e. The van der Waals surface area contributed by atoms with Gasteiger partial charge in [0.1, 0.15) is 36.8 Å². The summed E-state index contributed by atoms with van der Waals surface area (Å²) in [5.41, 5.74) is 7.04. The number of thiocarbonyl (C=S) groups is 1. The summed E-state index contributed by atoms with van der Waals surface area (Å²) >= 11 is 5.90. The highest BCUT2D eigenvalue weighted by Gasteiger charge is 2.44. The lowest BCUT2D eigenvalue weighted by Crippen LogP contribution is -2.60. The van der Waals surface area contributed by atoms with Crippen molar-refractivity contribution in [3.05, 3.63) is 77.9 Å². The Balaban J connectivity index is 1.38. The topological polar surface area (TPSA) is 336 Å². The standard InChI is InChI=1S/C69H105N11O15S/c1-15-44(8)60(52(92-12)39-56(84)79-37-23-27-51(79)61(93-13)45(9)65(96)74-50(67(89)94-14)38-46-24-18-16-19-25-46)77(10)66(88)58(42(4)5)76-64(87)59(43(6)7)78(11)69(91)95-40-47-29-31-48(32-30-47)72-62(85)49(26-22-35-71-68(70)90)73-63(86)57(41(2)3)75-53(81)28-20-17-21-36-80-54(82)33-34-55(80)83/h16,18-19,24-25,29-34,41-45,49-52,57-61H,15,17,20-23,26-28,35-40H2,1-14H3,(H,72,85)(H,73,86)(H,74,96)(H,75,81)(H,76,87)(H3,70,71,90)/t44-,45+,49-,50-,51-,52+,57-,58-,59-,60-,61+/m0/s1. The number of unbranched alkanes of at least 4 members (excludes halogenated alkanes) is 2. The van der Waals surface area contributed by atoms with Crippen LogP contribution in [0, 0.1) is 29.6 Å². The lowest BCUT2D eigenvalue weighted by atomic mass is 9.89. The highest BCUT2D eigenvalue weighted by Crippen LogP contribution is 2.31. The minimum absolute atomic E-state index is 0.0669. The van der Waals surface area contributed by atoms with E-state index in [1.165, 1.54) is 38.3 Å². The van der Waals surface area contributed by atoms with Crippen LogP contribution in [-0.4, -0.2) is 199 Å². The number of imide groups is 1. The van der Waals surface area contributed by atoms with Crippen molar-refractivity contribution >= 4 is 88.2 Å². The number of methoxy groups -OCH3 is 3. The van der Waals surface area contributed by atoms with E-state index in [1.807, 2.05) is 51.1 Å². The summed E-state index contributed by atoms with van der Waals surface area (Å²) in [7, 11) is 7.50. The van der Waals surface area contributed by atoms with Crippen LogP contribution in [0.4, 0.5) is 15.3 Å². The Kier molecular flexibility index (Phi) is 33.4. The fourth-order valence-corrected chi connectivity index (χ4v) is 12.5. The van der Waals surface area contributed by atoms with E-state index in [0.29, 0.717) is 67.7 Å². The third-order valence-electron chi connectivity index (χ3n) is 17.8. The van der Waals surface area contributed by atoms with Crippen molar-refractivity contribution in [2.24, 2.45) is 35.3 Å². The van der Waals surface area contributed by atoms with Gasteiger partial charge in [-0.1, -0.05) is 130 Å². The predicted octanol–water partition coefficient (Wildman–Crippen LogP) is 5.54. The fourth-order valence-electron chi connectivity index (χ4n) is 12.2. The molecule has 0 unspecified atom stereocenters. The number of anilines is 1. The number of hydrogen-bond acceptors (Lipinski definition) is 16. The number of esters is 1. The molecule has 2 aliphatic rings. The smallest absolute Gasteiger partial charge is 0.410 e. The van der Waals surface area contributed by atoms with Gasteiger partial charge in [0, 0.05) is 84.5 Å². The predicted molar refractivity (Wildman–Crippen MR) is 366 cm³/mol. The summed E-state index contributed by atoms with van der Waals surface area (Å²) in [5, 5.41) is 17.0. The number of urea groups is 1. The summed E-state index contributed by atoms with van der Waals surface area (Å²) < 4.78 is 23.1. The molecule has 0 bridgehead atoms. The van der Waals surface area contributed by atoms with Crippen molar-refractivity contribution in [1.82, 2.24) is 46.2 Å². The van der Waals surface area contributed by atoms with Crippen LogP contribution in [0.15, 0.2) is 66.7 Å². The molecule has 0 aromatic heterocycles. The van der Waals surface area contributed by atoms with E-state index in [-0.39, 0.29) is 86.9 Å². The van der Waals surface area contributed by atoms with E-state index in [0.717, 1.165) is 10.5 Å². The van der Waals surface area contributed by atoms with Crippen LogP contribution in [-0.2, 0) is 75.1 Å². The van der Waals surface area contributed by atoms with E-state index in [2.05, 4.69) is 31.9 Å². The van der Waals surface area contributed by atoms with E-state index >= 15 is 0 Å². The number of likely N-dealkylation sites (N-methyl/N-ethyl adjacent to an activating group) is 2. The maximum Gasteiger partial charge on any atom is 0.410 e. The van der Waals surface area contributed by atoms with Crippen LogP contribution in [0.2, 0.25) is 0 Å².